The van der Waals surface area contributed by atoms with E-state index in [4.69, 9.17) is 9.47 Å². The molecule has 3 aromatic rings. The van der Waals surface area contributed by atoms with Crippen LogP contribution < -0.4 is 21.2 Å². The molecule has 0 amide bonds. The Kier molecular flexibility index (Phi) is 6.84. The zero-order valence-corrected chi connectivity index (χ0v) is 19.2. The number of aryl methyl sites for hydroxylation is 1. The number of hydrogen-bond acceptors (Lipinski definition) is 6. The number of alkyl halides is 3. The van der Waals surface area contributed by atoms with E-state index in [1.165, 1.54) is 39.4 Å². The first kappa shape index (κ1) is 24.7. The summed E-state index contributed by atoms with van der Waals surface area (Å²) in [5, 5.41) is 7.19. The summed E-state index contributed by atoms with van der Waals surface area (Å²) in [6.45, 7) is 1.60. The van der Waals surface area contributed by atoms with Crippen LogP contribution in [0, 0.1) is 5.82 Å². The van der Waals surface area contributed by atoms with Crippen LogP contribution >= 0.6 is 0 Å². The van der Waals surface area contributed by atoms with Crippen LogP contribution in [0.2, 0.25) is 0 Å². The average Bonchev–Trinajstić information content (AvgIpc) is 2.82. The maximum absolute atomic E-state index is 14.7. The molecule has 0 spiro atoms. The van der Waals surface area contributed by atoms with Crippen LogP contribution in [-0.4, -0.2) is 40.8 Å². The van der Waals surface area contributed by atoms with Crippen molar-refractivity contribution < 1.29 is 27.0 Å². The number of ether oxygens (including phenoxy) is 2. The van der Waals surface area contributed by atoms with Crippen molar-refractivity contribution in [2.24, 2.45) is 7.05 Å². The zero-order valence-electron chi connectivity index (χ0n) is 19.2. The molecule has 188 valence electrons. The lowest BCUT2D eigenvalue weighted by Gasteiger charge is -2.28. The van der Waals surface area contributed by atoms with Crippen molar-refractivity contribution in [1.82, 2.24) is 14.3 Å². The summed E-state index contributed by atoms with van der Waals surface area (Å²) in [6.07, 6.45) is -2.92. The molecule has 4 rings (SSSR count). The first-order chi connectivity index (χ1) is 16.6. The zero-order chi connectivity index (χ0) is 25.4. The van der Waals surface area contributed by atoms with E-state index in [0.717, 1.165) is 15.3 Å². The third kappa shape index (κ3) is 4.38. The van der Waals surface area contributed by atoms with E-state index in [2.05, 4.69) is 10.4 Å². The molecule has 1 aliphatic heterocycles. The van der Waals surface area contributed by atoms with Crippen molar-refractivity contribution in [3.8, 4) is 5.75 Å². The van der Waals surface area contributed by atoms with Crippen molar-refractivity contribution in [2.75, 3.05) is 25.6 Å². The van der Waals surface area contributed by atoms with Gasteiger partial charge in [0.15, 0.2) is 11.6 Å². The van der Waals surface area contributed by atoms with Crippen molar-refractivity contribution >= 4 is 16.6 Å². The Morgan fingerprint density at radius 3 is 2.60 bits per heavy atom. The Morgan fingerprint density at radius 2 is 1.94 bits per heavy atom. The monoisotopic (exact) mass is 496 g/mol. The normalized spacial score (nSPS) is 19.2. The van der Waals surface area contributed by atoms with Gasteiger partial charge in [-0.1, -0.05) is 18.2 Å². The third-order valence-corrected chi connectivity index (χ3v) is 6.13. The lowest BCUT2D eigenvalue weighted by atomic mass is 10.0. The lowest BCUT2D eigenvalue weighted by molar-refractivity contribution is 0.00230. The van der Waals surface area contributed by atoms with Gasteiger partial charge in [0, 0.05) is 25.4 Å². The van der Waals surface area contributed by atoms with E-state index in [1.807, 2.05) is 0 Å². The van der Waals surface area contributed by atoms with E-state index in [1.54, 1.807) is 0 Å². The number of pyridine rings is 1. The standard InChI is InChI=1S/C23H24F4N4O4/c1-11(12-5-4-6-13(18(12)25)20(26)27)28-21-14-9-31(16-7-8-35-10-15(16)24)23(33)19(34-3)17(14)22(32)30(2)29-21/h4-6,9,11,15-16,20H,7-8,10H2,1-3H3,(H,28,29)/t11-,15+,16+/m1/s1. The number of benzene rings is 1. The largest absolute Gasteiger partial charge is 0.490 e. The number of nitrogens with zero attached hydrogens (tertiary/aromatic N) is 3. The summed E-state index contributed by atoms with van der Waals surface area (Å²) in [5.41, 5.74) is -2.10. The molecule has 1 saturated heterocycles. The molecule has 1 fully saturated rings. The van der Waals surface area contributed by atoms with Gasteiger partial charge < -0.3 is 19.4 Å². The Balaban J connectivity index is 1.89. The number of rotatable bonds is 6. The highest BCUT2D eigenvalue weighted by molar-refractivity contribution is 5.94. The summed E-state index contributed by atoms with van der Waals surface area (Å²) in [7, 11) is 2.58. The third-order valence-electron chi connectivity index (χ3n) is 6.13. The van der Waals surface area contributed by atoms with Gasteiger partial charge >= 0.3 is 0 Å². The minimum Gasteiger partial charge on any atom is -0.490 e. The fourth-order valence-corrected chi connectivity index (χ4v) is 4.31. The van der Waals surface area contributed by atoms with Gasteiger partial charge in [-0.25, -0.2) is 22.2 Å². The highest BCUT2D eigenvalue weighted by Crippen LogP contribution is 2.32. The predicted octanol–water partition coefficient (Wildman–Crippen LogP) is 3.65. The van der Waals surface area contributed by atoms with Crippen LogP contribution in [0.15, 0.2) is 34.0 Å². The summed E-state index contributed by atoms with van der Waals surface area (Å²) >= 11 is 0. The molecule has 0 aliphatic carbocycles. The smallest absolute Gasteiger partial charge is 0.294 e. The van der Waals surface area contributed by atoms with Crippen LogP contribution in [0.3, 0.4) is 0 Å². The van der Waals surface area contributed by atoms with Crippen LogP contribution in [0.1, 0.15) is 43.0 Å². The van der Waals surface area contributed by atoms with E-state index in [0.29, 0.717) is 0 Å². The van der Waals surface area contributed by atoms with Gasteiger partial charge in [0.2, 0.25) is 0 Å². The molecule has 2 aromatic heterocycles. The SMILES string of the molecule is COc1c(=O)n([C@H]2CCOC[C@@H]2F)cc2c(N[C@H](C)c3cccc(C(F)F)c3F)nn(C)c(=O)c12. The van der Waals surface area contributed by atoms with Gasteiger partial charge in [-0.3, -0.25) is 9.59 Å². The van der Waals surface area contributed by atoms with Crippen molar-refractivity contribution in [3.63, 3.8) is 0 Å². The maximum Gasteiger partial charge on any atom is 0.294 e. The molecule has 0 unspecified atom stereocenters. The number of anilines is 1. The lowest BCUT2D eigenvalue weighted by Crippen LogP contribution is -2.37. The topological polar surface area (TPSA) is 87.4 Å². The number of hydrogen-bond donors (Lipinski definition) is 1. The number of halogens is 4. The van der Waals surface area contributed by atoms with E-state index in [-0.39, 0.29) is 47.5 Å². The van der Waals surface area contributed by atoms with E-state index < -0.39 is 47.2 Å². The van der Waals surface area contributed by atoms with E-state index in [9.17, 15) is 27.2 Å². The number of methoxy groups -OCH3 is 1. The second-order valence-electron chi connectivity index (χ2n) is 8.30. The molecule has 3 heterocycles. The Morgan fingerprint density at radius 1 is 1.23 bits per heavy atom. The first-order valence-electron chi connectivity index (χ1n) is 10.9. The highest BCUT2D eigenvalue weighted by Gasteiger charge is 2.30. The van der Waals surface area contributed by atoms with Gasteiger partial charge in [-0.05, 0) is 13.3 Å². The quantitative estimate of drug-likeness (QED) is 0.525. The molecular weight excluding hydrogens is 472 g/mol. The molecule has 0 radical (unpaired) electrons. The summed E-state index contributed by atoms with van der Waals surface area (Å²) in [6, 6.07) is 1.96. The van der Waals surface area contributed by atoms with Crippen molar-refractivity contribution in [2.45, 2.75) is 38.0 Å². The molecule has 8 nitrogen and oxygen atoms in total. The number of aromatic nitrogens is 3. The molecule has 0 bridgehead atoms. The van der Waals surface area contributed by atoms with Crippen LogP contribution in [0.25, 0.3) is 10.8 Å². The molecule has 12 heteroatoms. The van der Waals surface area contributed by atoms with Crippen LogP contribution in [-0.2, 0) is 11.8 Å². The molecular formula is C23H24F4N4O4. The predicted molar refractivity (Wildman–Crippen MR) is 121 cm³/mol. The molecule has 1 N–H and O–H groups in total. The van der Waals surface area contributed by atoms with Crippen molar-refractivity contribution in [1.29, 1.82) is 0 Å². The summed E-state index contributed by atoms with van der Waals surface area (Å²) in [5.74, 6) is -1.29. The first-order valence-corrected chi connectivity index (χ1v) is 10.9. The number of fused-ring (bicyclic) bond motifs is 1. The Labute approximate surface area is 197 Å². The molecule has 1 aliphatic rings. The second kappa shape index (κ2) is 9.68. The average molecular weight is 496 g/mol. The van der Waals surface area contributed by atoms with Crippen LogP contribution in [0.5, 0.6) is 5.75 Å². The maximum atomic E-state index is 14.7. The summed E-state index contributed by atoms with van der Waals surface area (Å²) in [4.78, 5) is 26.0. The Hall–Kier alpha value is -3.41. The highest BCUT2D eigenvalue weighted by atomic mass is 19.3. The Bertz CT molecular complexity index is 1370. The minimum atomic E-state index is -2.99. The number of nitrogens with one attached hydrogen (secondary N) is 1. The second-order valence-corrected chi connectivity index (χ2v) is 8.30. The van der Waals surface area contributed by atoms with Gasteiger partial charge in [-0.2, -0.15) is 5.10 Å². The molecule has 3 atom stereocenters. The van der Waals surface area contributed by atoms with Gasteiger partial charge in [0.1, 0.15) is 17.4 Å². The summed E-state index contributed by atoms with van der Waals surface area (Å²) < 4.78 is 68.3. The fourth-order valence-electron chi connectivity index (χ4n) is 4.31. The van der Waals surface area contributed by atoms with Crippen molar-refractivity contribution in [3.05, 3.63) is 62.0 Å². The molecule has 0 saturated carbocycles. The van der Waals surface area contributed by atoms with Gasteiger partial charge in [0.25, 0.3) is 17.5 Å². The fraction of sp³-hybridized carbons (Fsp3) is 0.435. The molecule has 35 heavy (non-hydrogen) atoms. The molecule has 1 aromatic carbocycles. The van der Waals surface area contributed by atoms with Crippen LogP contribution in [0.4, 0.5) is 23.4 Å². The van der Waals surface area contributed by atoms with E-state index >= 15 is 0 Å². The van der Waals surface area contributed by atoms with Gasteiger partial charge in [-0.15, -0.1) is 0 Å². The minimum absolute atomic E-state index is 0.0415. The van der Waals surface area contributed by atoms with Gasteiger partial charge in [0.05, 0.1) is 36.8 Å².